The van der Waals surface area contributed by atoms with Crippen LogP contribution in [0.4, 0.5) is 0 Å². The van der Waals surface area contributed by atoms with Crippen LogP contribution in [0.25, 0.3) is 0 Å². The Kier molecular flexibility index (Phi) is 5.87. The summed E-state index contributed by atoms with van der Waals surface area (Å²) in [4.78, 5) is 19.6. The summed E-state index contributed by atoms with van der Waals surface area (Å²) in [5, 5.41) is 3.36. The van der Waals surface area contributed by atoms with Gasteiger partial charge in [-0.15, -0.1) is 0 Å². The van der Waals surface area contributed by atoms with Crippen LogP contribution >= 0.6 is 0 Å². The van der Waals surface area contributed by atoms with Crippen LogP contribution in [0, 0.1) is 0 Å². The van der Waals surface area contributed by atoms with Crippen LogP contribution in [0.15, 0.2) is 24.3 Å². The van der Waals surface area contributed by atoms with Crippen molar-refractivity contribution in [3.63, 3.8) is 0 Å². The summed E-state index contributed by atoms with van der Waals surface area (Å²) in [7, 11) is 4.12. The lowest BCUT2D eigenvalue weighted by molar-refractivity contribution is 0.0703. The monoisotopic (exact) mass is 330 g/mol. The number of carbonyl (C=O) groups excluding carboxylic acids is 1. The van der Waals surface area contributed by atoms with E-state index >= 15 is 0 Å². The Hall–Kier alpha value is -1.43. The fraction of sp³-hybridized carbons (Fsp3) is 0.632. The first-order chi connectivity index (χ1) is 11.6. The maximum Gasteiger partial charge on any atom is 0.253 e. The number of nitrogens with zero attached hydrogens (tertiary/aromatic N) is 3. The van der Waals surface area contributed by atoms with E-state index in [1.54, 1.807) is 0 Å². The molecule has 1 aromatic rings. The summed E-state index contributed by atoms with van der Waals surface area (Å²) in [5.41, 5.74) is 2.06. The summed E-state index contributed by atoms with van der Waals surface area (Å²) < 4.78 is 0. The molecule has 0 bridgehead atoms. The molecule has 1 amide bonds. The van der Waals surface area contributed by atoms with Gasteiger partial charge in [0.1, 0.15) is 0 Å². The Morgan fingerprint density at radius 3 is 2.62 bits per heavy atom. The molecule has 0 atom stereocenters. The highest BCUT2D eigenvalue weighted by molar-refractivity contribution is 5.94. The predicted molar refractivity (Wildman–Crippen MR) is 97.2 cm³/mol. The highest BCUT2D eigenvalue weighted by Gasteiger charge is 2.23. The van der Waals surface area contributed by atoms with Gasteiger partial charge in [0.15, 0.2) is 0 Å². The van der Waals surface area contributed by atoms with E-state index in [4.69, 9.17) is 0 Å². The quantitative estimate of drug-likeness (QED) is 0.902. The fourth-order valence-corrected chi connectivity index (χ4v) is 3.63. The topological polar surface area (TPSA) is 38.8 Å². The van der Waals surface area contributed by atoms with Crippen LogP contribution in [-0.4, -0.2) is 80.0 Å². The van der Waals surface area contributed by atoms with E-state index in [-0.39, 0.29) is 5.91 Å². The molecule has 0 unspecified atom stereocenters. The van der Waals surface area contributed by atoms with Gasteiger partial charge in [-0.1, -0.05) is 12.1 Å². The molecule has 132 valence electrons. The number of benzene rings is 1. The van der Waals surface area contributed by atoms with Crippen molar-refractivity contribution in [3.8, 4) is 0 Å². The zero-order valence-electron chi connectivity index (χ0n) is 15.0. The van der Waals surface area contributed by atoms with Gasteiger partial charge in [-0.3, -0.25) is 9.69 Å². The van der Waals surface area contributed by atoms with Crippen molar-refractivity contribution < 1.29 is 4.79 Å². The molecular formula is C19H30N4O. The number of hydrogen-bond donors (Lipinski definition) is 1. The van der Waals surface area contributed by atoms with Crippen molar-refractivity contribution in [2.75, 3.05) is 53.4 Å². The Morgan fingerprint density at radius 2 is 1.92 bits per heavy atom. The van der Waals surface area contributed by atoms with Crippen molar-refractivity contribution in [2.24, 2.45) is 0 Å². The van der Waals surface area contributed by atoms with Crippen LogP contribution in [0.5, 0.6) is 0 Å². The Bertz CT molecular complexity index is 548. The van der Waals surface area contributed by atoms with E-state index in [0.717, 1.165) is 64.2 Å². The number of carbonyl (C=O) groups is 1. The van der Waals surface area contributed by atoms with Gasteiger partial charge >= 0.3 is 0 Å². The molecule has 24 heavy (non-hydrogen) atoms. The lowest BCUT2D eigenvalue weighted by atomic mass is 10.0. The molecule has 5 nitrogen and oxygen atoms in total. The Labute approximate surface area is 145 Å². The van der Waals surface area contributed by atoms with Crippen molar-refractivity contribution in [3.05, 3.63) is 35.4 Å². The van der Waals surface area contributed by atoms with Gasteiger partial charge in [-0.2, -0.15) is 0 Å². The predicted octanol–water partition coefficient (Wildman–Crippen LogP) is 1.26. The fourth-order valence-electron chi connectivity index (χ4n) is 3.63. The highest BCUT2D eigenvalue weighted by atomic mass is 16.2. The average Bonchev–Trinajstić information content (AvgIpc) is 2.63. The normalized spacial score (nSPS) is 20.9. The van der Waals surface area contributed by atoms with Gasteiger partial charge in [0.2, 0.25) is 0 Å². The lowest BCUT2D eigenvalue weighted by Gasteiger charge is -2.33. The molecule has 5 heteroatoms. The van der Waals surface area contributed by atoms with E-state index in [1.165, 1.54) is 5.56 Å². The molecule has 0 spiro atoms. The van der Waals surface area contributed by atoms with Crippen LogP contribution < -0.4 is 5.32 Å². The second-order valence-electron chi connectivity index (χ2n) is 7.18. The summed E-state index contributed by atoms with van der Waals surface area (Å²) in [6, 6.07) is 8.56. The third-order valence-corrected chi connectivity index (χ3v) is 5.35. The lowest BCUT2D eigenvalue weighted by Crippen LogP contribution is -2.44. The van der Waals surface area contributed by atoms with Crippen LogP contribution in [0.3, 0.4) is 0 Å². The number of hydrogen-bond acceptors (Lipinski definition) is 4. The van der Waals surface area contributed by atoms with E-state index in [9.17, 15) is 4.79 Å². The molecule has 0 radical (unpaired) electrons. The van der Waals surface area contributed by atoms with Gasteiger partial charge in [0, 0.05) is 51.4 Å². The standard InChI is InChI=1S/C19H30N4O/c1-21-10-12-23(13-11-21)15-16-4-3-5-17(14-16)19(24)22(2)18-6-8-20-9-7-18/h3-5,14,18,20H,6-13,15H2,1-2H3. The SMILES string of the molecule is CN1CCN(Cc2cccc(C(=O)N(C)C3CCNCC3)c2)CC1. The average molecular weight is 330 g/mol. The highest BCUT2D eigenvalue weighted by Crippen LogP contribution is 2.16. The van der Waals surface area contributed by atoms with Crippen molar-refractivity contribution in [1.29, 1.82) is 0 Å². The summed E-state index contributed by atoms with van der Waals surface area (Å²) in [5.74, 6) is 0.155. The molecule has 2 fully saturated rings. The summed E-state index contributed by atoms with van der Waals surface area (Å²) >= 11 is 0. The number of piperidine rings is 1. The molecule has 2 aliphatic rings. The minimum Gasteiger partial charge on any atom is -0.339 e. The van der Waals surface area contributed by atoms with Crippen LogP contribution in [0.1, 0.15) is 28.8 Å². The summed E-state index contributed by atoms with van der Waals surface area (Å²) in [6.45, 7) is 7.39. The Balaban J connectivity index is 1.62. The molecule has 0 aromatic heterocycles. The minimum absolute atomic E-state index is 0.155. The van der Waals surface area contributed by atoms with Gasteiger partial charge < -0.3 is 15.1 Å². The first-order valence-electron chi connectivity index (χ1n) is 9.11. The van der Waals surface area contributed by atoms with Gasteiger partial charge in [0.25, 0.3) is 5.91 Å². The molecular weight excluding hydrogens is 300 g/mol. The molecule has 0 saturated carbocycles. The van der Waals surface area contributed by atoms with E-state index in [1.807, 2.05) is 24.1 Å². The number of piperazine rings is 1. The number of rotatable bonds is 4. The third-order valence-electron chi connectivity index (χ3n) is 5.35. The maximum atomic E-state index is 12.8. The first-order valence-corrected chi connectivity index (χ1v) is 9.11. The van der Waals surface area contributed by atoms with Crippen LogP contribution in [0.2, 0.25) is 0 Å². The van der Waals surface area contributed by atoms with Crippen LogP contribution in [-0.2, 0) is 6.54 Å². The van der Waals surface area contributed by atoms with E-state index in [2.05, 4.69) is 34.3 Å². The van der Waals surface area contributed by atoms with Gasteiger partial charge in [0.05, 0.1) is 0 Å². The zero-order valence-corrected chi connectivity index (χ0v) is 15.0. The van der Waals surface area contributed by atoms with E-state index < -0.39 is 0 Å². The number of likely N-dealkylation sites (N-methyl/N-ethyl adjacent to an activating group) is 1. The second kappa shape index (κ2) is 8.10. The van der Waals surface area contributed by atoms with Crippen molar-refractivity contribution in [1.82, 2.24) is 20.0 Å². The van der Waals surface area contributed by atoms with Gasteiger partial charge in [-0.25, -0.2) is 0 Å². The minimum atomic E-state index is 0.155. The molecule has 2 heterocycles. The Morgan fingerprint density at radius 1 is 1.21 bits per heavy atom. The third kappa shape index (κ3) is 4.35. The summed E-state index contributed by atoms with van der Waals surface area (Å²) in [6.07, 6.45) is 2.09. The molecule has 1 aromatic carbocycles. The first kappa shape index (κ1) is 17.4. The van der Waals surface area contributed by atoms with Gasteiger partial charge in [-0.05, 0) is 50.7 Å². The zero-order chi connectivity index (χ0) is 16.9. The number of nitrogens with one attached hydrogen (secondary N) is 1. The van der Waals surface area contributed by atoms with Crippen molar-refractivity contribution in [2.45, 2.75) is 25.4 Å². The smallest absolute Gasteiger partial charge is 0.253 e. The maximum absolute atomic E-state index is 12.8. The molecule has 2 saturated heterocycles. The van der Waals surface area contributed by atoms with Crippen molar-refractivity contribution >= 4 is 5.91 Å². The molecule has 1 N–H and O–H groups in total. The molecule has 3 rings (SSSR count). The largest absolute Gasteiger partial charge is 0.339 e. The molecule has 0 aliphatic carbocycles. The molecule has 2 aliphatic heterocycles. The second-order valence-corrected chi connectivity index (χ2v) is 7.18. The number of amides is 1. The van der Waals surface area contributed by atoms with E-state index in [0.29, 0.717) is 6.04 Å².